The van der Waals surface area contributed by atoms with Gasteiger partial charge in [-0.2, -0.15) is 0 Å². The number of aromatic nitrogens is 1. The van der Waals surface area contributed by atoms with Crippen LogP contribution in [0.4, 0.5) is 5.69 Å². The van der Waals surface area contributed by atoms with Crippen LogP contribution < -0.4 is 10.1 Å². The molecule has 0 aliphatic heterocycles. The Morgan fingerprint density at radius 2 is 1.77 bits per heavy atom. The molecule has 4 heteroatoms. The maximum Gasteiger partial charge on any atom is 0.235 e. The van der Waals surface area contributed by atoms with Crippen LogP contribution >= 0.6 is 0 Å². The third-order valence-corrected chi connectivity index (χ3v) is 4.82. The number of nitrogens with one attached hydrogen (secondary N) is 1. The number of ether oxygens (including phenoxy) is 1. The molecule has 1 aliphatic carbocycles. The summed E-state index contributed by atoms with van der Waals surface area (Å²) in [7, 11) is 0. The Morgan fingerprint density at radius 3 is 2.50 bits per heavy atom. The molecule has 0 spiro atoms. The first-order valence-corrected chi connectivity index (χ1v) is 8.73. The second-order valence-corrected chi connectivity index (χ2v) is 6.66. The monoisotopic (exact) mass is 344 g/mol. The molecule has 2 aromatic carbocycles. The topological polar surface area (TPSA) is 51.2 Å². The Kier molecular flexibility index (Phi) is 4.17. The van der Waals surface area contributed by atoms with Crippen molar-refractivity contribution in [2.45, 2.75) is 25.2 Å². The number of aryl methyl sites for hydroxylation is 1. The van der Waals surface area contributed by atoms with Gasteiger partial charge in [0, 0.05) is 24.1 Å². The Labute approximate surface area is 152 Å². The molecule has 26 heavy (non-hydrogen) atoms. The van der Waals surface area contributed by atoms with E-state index in [0.717, 1.165) is 29.7 Å². The molecule has 1 amide bonds. The van der Waals surface area contributed by atoms with Crippen LogP contribution in [0.25, 0.3) is 0 Å². The van der Waals surface area contributed by atoms with Crippen molar-refractivity contribution in [3.05, 3.63) is 84.2 Å². The Bertz CT molecular complexity index is 934. The Hall–Kier alpha value is -3.14. The summed E-state index contributed by atoms with van der Waals surface area (Å²) in [5, 5.41) is 3.07. The van der Waals surface area contributed by atoms with Crippen molar-refractivity contribution in [1.82, 2.24) is 4.98 Å². The first kappa shape index (κ1) is 16.3. The number of anilines is 1. The van der Waals surface area contributed by atoms with Crippen molar-refractivity contribution in [2.75, 3.05) is 5.32 Å². The van der Waals surface area contributed by atoms with Crippen LogP contribution in [0.5, 0.6) is 11.5 Å². The molecule has 0 radical (unpaired) electrons. The number of amides is 1. The minimum Gasteiger partial charge on any atom is -0.457 e. The maximum absolute atomic E-state index is 13.0. The molecule has 0 saturated heterocycles. The third-order valence-electron chi connectivity index (χ3n) is 4.82. The molecule has 1 aromatic heterocycles. The van der Waals surface area contributed by atoms with E-state index in [0.29, 0.717) is 11.5 Å². The summed E-state index contributed by atoms with van der Waals surface area (Å²) < 4.78 is 5.81. The molecule has 4 rings (SSSR count). The number of nitrogens with zero attached hydrogens (tertiary/aromatic N) is 1. The quantitative estimate of drug-likeness (QED) is 0.719. The summed E-state index contributed by atoms with van der Waals surface area (Å²) in [4.78, 5) is 16.9. The van der Waals surface area contributed by atoms with Crippen LogP contribution in [0.3, 0.4) is 0 Å². The van der Waals surface area contributed by atoms with Gasteiger partial charge in [0.05, 0.1) is 5.41 Å². The van der Waals surface area contributed by atoms with Gasteiger partial charge in [0.1, 0.15) is 11.5 Å². The van der Waals surface area contributed by atoms with Crippen molar-refractivity contribution < 1.29 is 9.53 Å². The molecule has 1 aliphatic rings. The lowest BCUT2D eigenvalue weighted by molar-refractivity contribution is -0.118. The first-order chi connectivity index (χ1) is 12.7. The normalized spacial score (nSPS) is 14.5. The standard InChI is InChI=1S/C22H20N2O2/c1-16-5-2-3-8-20(16)22(11-12-22)21(25)24-17-6-4-7-19(15-17)26-18-9-13-23-14-10-18/h2-10,13-15H,11-12H2,1H3,(H,24,25). The van der Waals surface area contributed by atoms with Crippen molar-refractivity contribution in [3.8, 4) is 11.5 Å². The number of pyridine rings is 1. The summed E-state index contributed by atoms with van der Waals surface area (Å²) in [6.07, 6.45) is 5.13. The Morgan fingerprint density at radius 1 is 1.00 bits per heavy atom. The van der Waals surface area contributed by atoms with E-state index >= 15 is 0 Å². The number of carbonyl (C=O) groups is 1. The second-order valence-electron chi connectivity index (χ2n) is 6.66. The van der Waals surface area contributed by atoms with E-state index in [4.69, 9.17) is 4.74 Å². The zero-order chi connectivity index (χ0) is 18.0. The van der Waals surface area contributed by atoms with Crippen LogP contribution in [0.2, 0.25) is 0 Å². The van der Waals surface area contributed by atoms with Gasteiger partial charge < -0.3 is 10.1 Å². The zero-order valence-electron chi connectivity index (χ0n) is 14.6. The van der Waals surface area contributed by atoms with E-state index in [1.165, 1.54) is 0 Å². The van der Waals surface area contributed by atoms with Crippen LogP contribution in [0, 0.1) is 6.92 Å². The molecule has 0 bridgehead atoms. The number of hydrogen-bond acceptors (Lipinski definition) is 3. The van der Waals surface area contributed by atoms with Gasteiger partial charge in [-0.1, -0.05) is 30.3 Å². The minimum absolute atomic E-state index is 0.0489. The van der Waals surface area contributed by atoms with Crippen molar-refractivity contribution in [3.63, 3.8) is 0 Å². The van der Waals surface area contributed by atoms with Crippen LogP contribution in [0.1, 0.15) is 24.0 Å². The van der Waals surface area contributed by atoms with E-state index < -0.39 is 5.41 Å². The predicted octanol–water partition coefficient (Wildman–Crippen LogP) is 4.85. The SMILES string of the molecule is Cc1ccccc1C1(C(=O)Nc2cccc(Oc3ccncc3)c2)CC1. The lowest BCUT2D eigenvalue weighted by atomic mass is 9.91. The van der Waals surface area contributed by atoms with Gasteiger partial charge in [-0.25, -0.2) is 0 Å². The molecule has 3 aromatic rings. The summed E-state index contributed by atoms with van der Waals surface area (Å²) in [6, 6.07) is 19.2. The van der Waals surface area contributed by atoms with Gasteiger partial charge in [0.25, 0.3) is 0 Å². The molecule has 0 atom stereocenters. The molecule has 1 N–H and O–H groups in total. The fourth-order valence-corrected chi connectivity index (χ4v) is 3.28. The Balaban J connectivity index is 1.52. The van der Waals surface area contributed by atoms with Crippen molar-refractivity contribution in [1.29, 1.82) is 0 Å². The maximum atomic E-state index is 13.0. The summed E-state index contributed by atoms with van der Waals surface area (Å²) in [6.45, 7) is 2.06. The summed E-state index contributed by atoms with van der Waals surface area (Å²) in [5.41, 5.74) is 2.63. The van der Waals surface area contributed by atoms with Crippen LogP contribution in [-0.2, 0) is 10.2 Å². The molecule has 0 unspecified atom stereocenters. The van der Waals surface area contributed by atoms with E-state index in [2.05, 4.69) is 29.4 Å². The largest absolute Gasteiger partial charge is 0.457 e. The summed E-state index contributed by atoms with van der Waals surface area (Å²) >= 11 is 0. The van der Waals surface area contributed by atoms with Gasteiger partial charge in [-0.15, -0.1) is 0 Å². The molecule has 4 nitrogen and oxygen atoms in total. The number of rotatable bonds is 5. The van der Waals surface area contributed by atoms with Crippen LogP contribution in [-0.4, -0.2) is 10.9 Å². The highest BCUT2D eigenvalue weighted by atomic mass is 16.5. The number of benzene rings is 2. The number of carbonyl (C=O) groups excluding carboxylic acids is 1. The van der Waals surface area contributed by atoms with Gasteiger partial charge in [-0.3, -0.25) is 9.78 Å². The molecule has 1 saturated carbocycles. The molecule has 1 fully saturated rings. The zero-order valence-corrected chi connectivity index (χ0v) is 14.6. The second kappa shape index (κ2) is 6.64. The van der Waals surface area contributed by atoms with Crippen LogP contribution in [0.15, 0.2) is 73.1 Å². The molecule has 1 heterocycles. The predicted molar refractivity (Wildman–Crippen MR) is 101 cm³/mol. The van der Waals surface area contributed by atoms with E-state index in [-0.39, 0.29) is 5.91 Å². The minimum atomic E-state index is -0.396. The smallest absolute Gasteiger partial charge is 0.235 e. The van der Waals surface area contributed by atoms with Gasteiger partial charge in [0.2, 0.25) is 5.91 Å². The molecule has 130 valence electrons. The van der Waals surface area contributed by atoms with Gasteiger partial charge in [-0.05, 0) is 55.2 Å². The van der Waals surface area contributed by atoms with Gasteiger partial charge in [0.15, 0.2) is 0 Å². The lowest BCUT2D eigenvalue weighted by Crippen LogP contribution is -2.28. The first-order valence-electron chi connectivity index (χ1n) is 8.73. The molecular weight excluding hydrogens is 324 g/mol. The molecular formula is C22H20N2O2. The summed E-state index contributed by atoms with van der Waals surface area (Å²) in [5.74, 6) is 1.43. The number of hydrogen-bond donors (Lipinski definition) is 1. The average Bonchev–Trinajstić information content (AvgIpc) is 3.45. The highest BCUT2D eigenvalue weighted by molar-refractivity contribution is 6.01. The van der Waals surface area contributed by atoms with E-state index in [1.54, 1.807) is 24.5 Å². The fourth-order valence-electron chi connectivity index (χ4n) is 3.28. The van der Waals surface area contributed by atoms with Crippen molar-refractivity contribution in [2.24, 2.45) is 0 Å². The van der Waals surface area contributed by atoms with E-state index in [1.807, 2.05) is 36.4 Å². The fraction of sp³-hybridized carbons (Fsp3) is 0.182. The van der Waals surface area contributed by atoms with Gasteiger partial charge >= 0.3 is 0 Å². The average molecular weight is 344 g/mol. The lowest BCUT2D eigenvalue weighted by Gasteiger charge is -2.18. The van der Waals surface area contributed by atoms with Crippen molar-refractivity contribution >= 4 is 11.6 Å². The highest BCUT2D eigenvalue weighted by Gasteiger charge is 2.51. The third kappa shape index (κ3) is 3.18. The van der Waals surface area contributed by atoms with E-state index in [9.17, 15) is 4.79 Å². The highest BCUT2D eigenvalue weighted by Crippen LogP contribution is 2.50.